The van der Waals surface area contributed by atoms with Gasteiger partial charge in [0.15, 0.2) is 4.90 Å². The first-order valence-corrected chi connectivity index (χ1v) is 9.65. The molecule has 0 saturated carbocycles. The molecule has 9 heteroatoms. The number of aromatic nitrogens is 1. The highest BCUT2D eigenvalue weighted by Crippen LogP contribution is 2.25. The Morgan fingerprint density at radius 2 is 1.89 bits per heavy atom. The Morgan fingerprint density at radius 1 is 1.07 bits per heavy atom. The van der Waals surface area contributed by atoms with Gasteiger partial charge in [0.25, 0.3) is 10.0 Å². The minimum atomic E-state index is -4.16. The number of hydrogen-bond donors (Lipinski definition) is 2. The summed E-state index contributed by atoms with van der Waals surface area (Å²) < 4.78 is 38.2. The number of hydrogen-bond acceptors (Lipinski definition) is 7. The van der Waals surface area contributed by atoms with Gasteiger partial charge in [-0.1, -0.05) is 0 Å². The summed E-state index contributed by atoms with van der Waals surface area (Å²) in [5, 5.41) is 1.87. The first-order chi connectivity index (χ1) is 13.4. The summed E-state index contributed by atoms with van der Waals surface area (Å²) in [7, 11) is -2.68. The van der Waals surface area contributed by atoms with E-state index in [0.29, 0.717) is 27.7 Å². The van der Waals surface area contributed by atoms with Gasteiger partial charge in [-0.25, -0.2) is 18.2 Å². The van der Waals surface area contributed by atoms with Crippen LogP contribution in [0.15, 0.2) is 68.8 Å². The highest BCUT2D eigenvalue weighted by Gasteiger charge is 2.21. The number of nitrogens with two attached hydrogens (primary N) is 1. The van der Waals surface area contributed by atoms with Crippen molar-refractivity contribution in [2.75, 3.05) is 17.6 Å². The van der Waals surface area contributed by atoms with Crippen LogP contribution in [0.5, 0.6) is 5.75 Å². The van der Waals surface area contributed by atoms with Crippen LogP contribution in [0.2, 0.25) is 0 Å². The minimum absolute atomic E-state index is 0.233. The largest absolute Gasteiger partial charge is 0.497 e. The molecule has 0 aliphatic rings. The maximum atomic E-state index is 12.8. The Balaban J connectivity index is 1.76. The molecule has 0 atom stereocenters. The zero-order chi connectivity index (χ0) is 19.9. The number of pyridine rings is 1. The van der Waals surface area contributed by atoms with Crippen LogP contribution in [0.4, 0.5) is 11.5 Å². The van der Waals surface area contributed by atoms with Crippen molar-refractivity contribution in [3.8, 4) is 5.75 Å². The van der Waals surface area contributed by atoms with Crippen LogP contribution in [0.25, 0.3) is 21.7 Å². The summed E-state index contributed by atoms with van der Waals surface area (Å²) in [6.07, 6.45) is 1.53. The number of sulfonamides is 1. The fourth-order valence-electron chi connectivity index (χ4n) is 2.86. The smallest absolute Gasteiger partial charge is 0.357 e. The second-order valence-corrected chi connectivity index (χ2v) is 7.69. The number of fused-ring (bicyclic) bond motifs is 2. The lowest BCUT2D eigenvalue weighted by Crippen LogP contribution is -2.20. The molecule has 0 bridgehead atoms. The Kier molecular flexibility index (Phi) is 4.16. The van der Waals surface area contributed by atoms with E-state index in [1.807, 2.05) is 0 Å². The van der Waals surface area contributed by atoms with E-state index in [0.717, 1.165) is 0 Å². The number of ether oxygens (including phenoxy) is 1. The molecule has 0 spiro atoms. The second-order valence-electron chi connectivity index (χ2n) is 6.04. The third kappa shape index (κ3) is 3.12. The SMILES string of the molecule is COc1ccc2cc(S(=O)(=O)Nc3ccc4c(N)nccc4c3)c(=O)oc2c1. The van der Waals surface area contributed by atoms with Crippen molar-refractivity contribution in [2.24, 2.45) is 0 Å². The van der Waals surface area contributed by atoms with Crippen LogP contribution in [0.1, 0.15) is 0 Å². The molecule has 0 amide bonds. The van der Waals surface area contributed by atoms with Gasteiger partial charge >= 0.3 is 5.63 Å². The molecule has 8 nitrogen and oxygen atoms in total. The molecule has 142 valence electrons. The van der Waals surface area contributed by atoms with E-state index in [-0.39, 0.29) is 11.3 Å². The molecule has 4 rings (SSSR count). The van der Waals surface area contributed by atoms with Gasteiger partial charge in [0.05, 0.1) is 7.11 Å². The summed E-state index contributed by atoms with van der Waals surface area (Å²) >= 11 is 0. The molecule has 0 fully saturated rings. The summed E-state index contributed by atoms with van der Waals surface area (Å²) in [5.41, 5.74) is 5.35. The fraction of sp³-hybridized carbons (Fsp3) is 0.0526. The third-order valence-corrected chi connectivity index (χ3v) is 5.62. The van der Waals surface area contributed by atoms with Crippen molar-refractivity contribution < 1.29 is 17.6 Å². The van der Waals surface area contributed by atoms with E-state index in [1.54, 1.807) is 36.4 Å². The zero-order valence-electron chi connectivity index (χ0n) is 14.7. The number of nitrogen functional groups attached to an aromatic ring is 1. The average Bonchev–Trinajstić information content (AvgIpc) is 2.66. The van der Waals surface area contributed by atoms with E-state index in [2.05, 4.69) is 9.71 Å². The van der Waals surface area contributed by atoms with Gasteiger partial charge in [0.1, 0.15) is 17.2 Å². The van der Waals surface area contributed by atoms with Gasteiger partial charge in [0, 0.05) is 28.7 Å². The van der Waals surface area contributed by atoms with Gasteiger partial charge < -0.3 is 14.9 Å². The molecule has 0 unspecified atom stereocenters. The standard InChI is InChI=1S/C19H15N3O5S/c1-26-14-4-2-12-9-17(19(23)27-16(12)10-14)28(24,25)22-13-3-5-15-11(8-13)6-7-21-18(15)20/h2-10,22H,1H3,(H2,20,21). The number of anilines is 2. The van der Waals surface area contributed by atoms with Crippen molar-refractivity contribution in [3.05, 3.63) is 65.1 Å². The predicted octanol–water partition coefficient (Wildman–Crippen LogP) is 2.73. The Labute approximate surface area is 159 Å². The molecule has 0 aliphatic carbocycles. The zero-order valence-corrected chi connectivity index (χ0v) is 15.5. The minimum Gasteiger partial charge on any atom is -0.497 e. The molecule has 28 heavy (non-hydrogen) atoms. The summed E-state index contributed by atoms with van der Waals surface area (Å²) in [5.74, 6) is 0.840. The van der Waals surface area contributed by atoms with Crippen molar-refractivity contribution in [1.82, 2.24) is 4.98 Å². The van der Waals surface area contributed by atoms with Gasteiger partial charge in [-0.05, 0) is 47.9 Å². The van der Waals surface area contributed by atoms with E-state index in [4.69, 9.17) is 14.9 Å². The molecule has 0 radical (unpaired) electrons. The number of nitrogens with one attached hydrogen (secondary N) is 1. The van der Waals surface area contributed by atoms with Gasteiger partial charge in [0.2, 0.25) is 0 Å². The quantitative estimate of drug-likeness (QED) is 0.507. The summed E-state index contributed by atoms with van der Waals surface area (Å²) in [6.45, 7) is 0. The molecular weight excluding hydrogens is 382 g/mol. The molecule has 3 N–H and O–H groups in total. The lowest BCUT2D eigenvalue weighted by atomic mass is 10.1. The summed E-state index contributed by atoms with van der Waals surface area (Å²) in [6, 6.07) is 12.6. The van der Waals surface area contributed by atoms with Crippen LogP contribution in [-0.2, 0) is 10.0 Å². The van der Waals surface area contributed by atoms with Gasteiger partial charge in [-0.2, -0.15) is 0 Å². The average molecular weight is 397 g/mol. The molecule has 0 aliphatic heterocycles. The molecule has 0 saturated heterocycles. The number of methoxy groups -OCH3 is 1. The van der Waals surface area contributed by atoms with Crippen LogP contribution in [0.3, 0.4) is 0 Å². The number of rotatable bonds is 4. The maximum absolute atomic E-state index is 12.8. The number of nitrogens with zero attached hydrogens (tertiary/aromatic N) is 1. The Morgan fingerprint density at radius 3 is 2.68 bits per heavy atom. The molecule has 2 aromatic heterocycles. The van der Waals surface area contributed by atoms with Crippen LogP contribution < -0.4 is 20.8 Å². The van der Waals surface area contributed by atoms with E-state index in [9.17, 15) is 13.2 Å². The lowest BCUT2D eigenvalue weighted by Gasteiger charge is -2.09. The van der Waals surface area contributed by atoms with Crippen LogP contribution in [0, 0.1) is 0 Å². The van der Waals surface area contributed by atoms with Crippen molar-refractivity contribution in [3.63, 3.8) is 0 Å². The van der Waals surface area contributed by atoms with Crippen LogP contribution in [-0.4, -0.2) is 20.5 Å². The summed E-state index contributed by atoms with van der Waals surface area (Å²) in [4.78, 5) is 15.8. The monoisotopic (exact) mass is 397 g/mol. The molecule has 2 aromatic carbocycles. The topological polar surface area (TPSA) is 125 Å². The Hall–Kier alpha value is -3.59. The Bertz CT molecular complexity index is 1380. The molecular formula is C19H15N3O5S. The molecule has 4 aromatic rings. The predicted molar refractivity (Wildman–Crippen MR) is 106 cm³/mol. The molecule has 2 heterocycles. The maximum Gasteiger partial charge on any atom is 0.357 e. The van der Waals surface area contributed by atoms with Crippen molar-refractivity contribution in [2.45, 2.75) is 4.90 Å². The normalized spacial score (nSPS) is 11.6. The van der Waals surface area contributed by atoms with Crippen LogP contribution >= 0.6 is 0 Å². The van der Waals surface area contributed by atoms with E-state index >= 15 is 0 Å². The van der Waals surface area contributed by atoms with Gasteiger partial charge in [-0.3, -0.25) is 4.72 Å². The van der Waals surface area contributed by atoms with E-state index in [1.165, 1.54) is 25.4 Å². The van der Waals surface area contributed by atoms with Crippen molar-refractivity contribution >= 4 is 43.3 Å². The lowest BCUT2D eigenvalue weighted by molar-refractivity contribution is 0.414. The highest BCUT2D eigenvalue weighted by atomic mass is 32.2. The second kappa shape index (κ2) is 6.54. The van der Waals surface area contributed by atoms with E-state index < -0.39 is 20.5 Å². The fourth-order valence-corrected chi connectivity index (χ4v) is 3.95. The first kappa shape index (κ1) is 17.8. The van der Waals surface area contributed by atoms with Crippen molar-refractivity contribution in [1.29, 1.82) is 0 Å². The highest BCUT2D eigenvalue weighted by molar-refractivity contribution is 7.92. The first-order valence-electron chi connectivity index (χ1n) is 8.16. The van der Waals surface area contributed by atoms with Gasteiger partial charge in [-0.15, -0.1) is 0 Å². The number of benzene rings is 2. The third-order valence-electron chi connectivity index (χ3n) is 4.25.